The van der Waals surface area contributed by atoms with Crippen molar-refractivity contribution in [2.45, 2.75) is 20.8 Å². The Morgan fingerprint density at radius 3 is 2.45 bits per heavy atom. The van der Waals surface area contributed by atoms with Crippen molar-refractivity contribution in [1.29, 1.82) is 0 Å². The molecule has 0 unspecified atom stereocenters. The van der Waals surface area contributed by atoms with Gasteiger partial charge in [0, 0.05) is 5.56 Å². The molecule has 3 aromatic carbocycles. The number of hydrogen-bond donors (Lipinski definition) is 2. The second kappa shape index (κ2) is 10.2. The maximum Gasteiger partial charge on any atom is 0.277 e. The van der Waals surface area contributed by atoms with Crippen LogP contribution in [0.2, 0.25) is 0 Å². The van der Waals surface area contributed by atoms with E-state index in [1.165, 1.54) is 12.3 Å². The van der Waals surface area contributed by atoms with Crippen LogP contribution in [0.25, 0.3) is 0 Å². The van der Waals surface area contributed by atoms with Crippen molar-refractivity contribution >= 4 is 23.5 Å². The van der Waals surface area contributed by atoms with E-state index < -0.39 is 5.91 Å². The van der Waals surface area contributed by atoms with Crippen LogP contribution in [0.3, 0.4) is 0 Å². The summed E-state index contributed by atoms with van der Waals surface area (Å²) in [7, 11) is 0. The number of phenols is 1. The van der Waals surface area contributed by atoms with E-state index in [0.717, 1.165) is 22.4 Å². The fourth-order valence-electron chi connectivity index (χ4n) is 2.81. The third-order valence-corrected chi connectivity index (χ3v) is 4.66. The smallest absolute Gasteiger partial charge is 0.277 e. The fourth-order valence-corrected chi connectivity index (χ4v) is 2.81. The van der Waals surface area contributed by atoms with Crippen LogP contribution < -0.4 is 10.2 Å². The third kappa shape index (κ3) is 5.99. The lowest BCUT2D eigenvalue weighted by molar-refractivity contribution is -0.123. The number of azo groups is 1. The Hall–Kier alpha value is -4.00. The Balaban J connectivity index is 1.59. The van der Waals surface area contributed by atoms with Gasteiger partial charge in [-0.3, -0.25) is 4.79 Å². The van der Waals surface area contributed by atoms with Crippen molar-refractivity contribution < 1.29 is 14.6 Å². The maximum absolute atomic E-state index is 12.1. The molecule has 3 rings (SSSR count). The highest BCUT2D eigenvalue weighted by atomic mass is 16.5. The quantitative estimate of drug-likeness (QED) is 0.312. The van der Waals surface area contributed by atoms with Gasteiger partial charge in [0.25, 0.3) is 5.91 Å². The molecule has 3 aromatic rings. The van der Waals surface area contributed by atoms with Crippen LogP contribution >= 0.6 is 0 Å². The zero-order chi connectivity index (χ0) is 22.2. The van der Waals surface area contributed by atoms with Gasteiger partial charge in [-0.05, 0) is 67.8 Å². The van der Waals surface area contributed by atoms with E-state index in [-0.39, 0.29) is 12.4 Å². The normalized spacial score (nSPS) is 11.2. The molecule has 0 aliphatic heterocycles. The molecule has 0 aliphatic carbocycles. The molecular formula is C24H24N4O3. The van der Waals surface area contributed by atoms with E-state index in [9.17, 15) is 9.90 Å². The Bertz CT molecular complexity index is 1130. The van der Waals surface area contributed by atoms with Gasteiger partial charge in [-0.2, -0.15) is 15.3 Å². The molecule has 31 heavy (non-hydrogen) atoms. The first-order valence-corrected chi connectivity index (χ1v) is 9.75. The molecule has 1 amide bonds. The number of carbonyl (C=O) groups is 1. The molecule has 158 valence electrons. The highest BCUT2D eigenvalue weighted by Gasteiger charge is 2.09. The minimum atomic E-state index is -0.407. The molecular weight excluding hydrogens is 392 g/mol. The number of nitrogens with zero attached hydrogens (tertiary/aromatic N) is 3. The average Bonchev–Trinajstić information content (AvgIpc) is 2.77. The van der Waals surface area contributed by atoms with E-state index in [2.05, 4.69) is 20.8 Å². The number of aromatic hydroxyl groups is 1. The van der Waals surface area contributed by atoms with Gasteiger partial charge in [-0.15, -0.1) is 0 Å². The van der Waals surface area contributed by atoms with Gasteiger partial charge in [0.2, 0.25) is 0 Å². The second-order valence-electron chi connectivity index (χ2n) is 7.01. The molecule has 0 aromatic heterocycles. The van der Waals surface area contributed by atoms with Crippen molar-refractivity contribution in [2.75, 3.05) is 6.61 Å². The van der Waals surface area contributed by atoms with Crippen molar-refractivity contribution in [3.8, 4) is 11.5 Å². The summed E-state index contributed by atoms with van der Waals surface area (Å²) < 4.78 is 5.67. The number of carbonyl (C=O) groups excluding carboxylic acids is 1. The van der Waals surface area contributed by atoms with Gasteiger partial charge in [0.05, 0.1) is 17.6 Å². The SMILES string of the molecule is Cc1ccc(C)c(OCC(=O)N/N=C\c2cc(N=Nc3ccccc3)ccc2O)c1C. The average molecular weight is 416 g/mol. The molecule has 0 fully saturated rings. The third-order valence-electron chi connectivity index (χ3n) is 4.66. The number of hydrazone groups is 1. The number of nitrogens with one attached hydrogen (secondary N) is 1. The summed E-state index contributed by atoms with van der Waals surface area (Å²) in [5.74, 6) is 0.308. The minimum Gasteiger partial charge on any atom is -0.507 e. The van der Waals surface area contributed by atoms with Crippen molar-refractivity contribution in [2.24, 2.45) is 15.3 Å². The molecule has 2 N–H and O–H groups in total. The number of phenolic OH excluding ortho intramolecular Hbond substituents is 1. The molecule has 0 spiro atoms. The molecule has 0 radical (unpaired) electrons. The first kappa shape index (κ1) is 21.7. The molecule has 0 saturated carbocycles. The zero-order valence-corrected chi connectivity index (χ0v) is 17.7. The van der Waals surface area contributed by atoms with Crippen molar-refractivity contribution in [3.05, 3.63) is 82.9 Å². The molecule has 0 bridgehead atoms. The number of benzene rings is 3. The summed E-state index contributed by atoms with van der Waals surface area (Å²) in [4.78, 5) is 12.1. The van der Waals surface area contributed by atoms with Gasteiger partial charge >= 0.3 is 0 Å². The van der Waals surface area contributed by atoms with Crippen molar-refractivity contribution in [3.63, 3.8) is 0 Å². The van der Waals surface area contributed by atoms with Gasteiger partial charge in [0.1, 0.15) is 11.5 Å². The van der Waals surface area contributed by atoms with E-state index >= 15 is 0 Å². The van der Waals surface area contributed by atoms with Gasteiger partial charge in [-0.25, -0.2) is 5.43 Å². The van der Waals surface area contributed by atoms with Crippen LogP contribution in [0, 0.1) is 20.8 Å². The highest BCUT2D eigenvalue weighted by molar-refractivity contribution is 5.86. The summed E-state index contributed by atoms with van der Waals surface area (Å²) in [5, 5.41) is 22.2. The first-order valence-electron chi connectivity index (χ1n) is 9.75. The number of hydrogen-bond acceptors (Lipinski definition) is 6. The van der Waals surface area contributed by atoms with E-state index in [1.54, 1.807) is 12.1 Å². The summed E-state index contributed by atoms with van der Waals surface area (Å²) in [5.41, 5.74) is 7.13. The Kier molecular flexibility index (Phi) is 7.11. The van der Waals surface area contributed by atoms with Crippen LogP contribution in [0.15, 0.2) is 76.0 Å². The lowest BCUT2D eigenvalue weighted by atomic mass is 10.1. The Morgan fingerprint density at radius 1 is 0.968 bits per heavy atom. The molecule has 0 aliphatic rings. The summed E-state index contributed by atoms with van der Waals surface area (Å²) in [6.07, 6.45) is 1.35. The lowest BCUT2D eigenvalue weighted by Gasteiger charge is -2.13. The number of ether oxygens (including phenoxy) is 1. The van der Waals surface area contributed by atoms with E-state index in [0.29, 0.717) is 17.0 Å². The van der Waals surface area contributed by atoms with Crippen LogP contribution in [0.1, 0.15) is 22.3 Å². The summed E-state index contributed by atoms with van der Waals surface area (Å²) in [6.45, 7) is 5.72. The standard InChI is InChI=1S/C24H24N4O3/c1-16-9-10-17(2)24(18(16)3)31-15-23(30)28-25-14-19-13-21(11-12-22(19)29)27-26-20-7-5-4-6-8-20/h4-14,29H,15H2,1-3H3,(H,28,30)/b25-14-,27-26?. The van der Waals surface area contributed by atoms with Crippen LogP contribution in [0.4, 0.5) is 11.4 Å². The lowest BCUT2D eigenvalue weighted by Crippen LogP contribution is -2.25. The van der Waals surface area contributed by atoms with Gasteiger partial charge < -0.3 is 9.84 Å². The molecule has 0 heterocycles. The molecule has 7 heteroatoms. The van der Waals surface area contributed by atoms with E-state index in [1.807, 2.05) is 63.2 Å². The predicted molar refractivity (Wildman–Crippen MR) is 121 cm³/mol. The number of aryl methyl sites for hydroxylation is 2. The first-order chi connectivity index (χ1) is 14.9. The Morgan fingerprint density at radius 2 is 1.68 bits per heavy atom. The fraction of sp³-hybridized carbons (Fsp3) is 0.167. The van der Waals surface area contributed by atoms with Gasteiger partial charge in [0.15, 0.2) is 6.61 Å². The Labute approximate surface area is 181 Å². The van der Waals surface area contributed by atoms with Crippen molar-refractivity contribution in [1.82, 2.24) is 5.43 Å². The molecule has 0 atom stereocenters. The topological polar surface area (TPSA) is 95.6 Å². The predicted octanol–water partition coefficient (Wildman–Crippen LogP) is 5.26. The number of rotatable bonds is 7. The maximum atomic E-state index is 12.1. The summed E-state index contributed by atoms with van der Waals surface area (Å²) in [6, 6.07) is 18.0. The monoisotopic (exact) mass is 416 g/mol. The summed E-state index contributed by atoms with van der Waals surface area (Å²) >= 11 is 0. The molecule has 0 saturated heterocycles. The van der Waals surface area contributed by atoms with Gasteiger partial charge in [-0.1, -0.05) is 30.3 Å². The second-order valence-corrected chi connectivity index (χ2v) is 7.01. The molecule has 7 nitrogen and oxygen atoms in total. The van der Waals surface area contributed by atoms with E-state index in [4.69, 9.17) is 4.74 Å². The highest BCUT2D eigenvalue weighted by Crippen LogP contribution is 2.26. The van der Waals surface area contributed by atoms with Crippen LogP contribution in [-0.2, 0) is 4.79 Å². The minimum absolute atomic E-state index is 0.0129. The largest absolute Gasteiger partial charge is 0.507 e. The van der Waals surface area contributed by atoms with Crippen LogP contribution in [0.5, 0.6) is 11.5 Å². The zero-order valence-electron chi connectivity index (χ0n) is 17.7. The van der Waals surface area contributed by atoms with Crippen LogP contribution in [-0.4, -0.2) is 23.8 Å². The number of amides is 1.